The number of carbonyl (C=O) groups is 1. The van der Waals surface area contributed by atoms with Crippen molar-refractivity contribution in [2.45, 2.75) is 18.9 Å². The summed E-state index contributed by atoms with van der Waals surface area (Å²) >= 11 is 0. The van der Waals surface area contributed by atoms with E-state index in [-0.39, 0.29) is 23.0 Å². The first-order valence-electron chi connectivity index (χ1n) is 12.3. The highest BCUT2D eigenvalue weighted by molar-refractivity contribution is 5.97. The Kier molecular flexibility index (Phi) is 4.62. The van der Waals surface area contributed by atoms with Crippen LogP contribution in [0.15, 0.2) is 51.7 Å². The second kappa shape index (κ2) is 7.79. The zero-order valence-corrected chi connectivity index (χ0v) is 19.7. The van der Waals surface area contributed by atoms with Crippen molar-refractivity contribution in [3.63, 3.8) is 0 Å². The van der Waals surface area contributed by atoms with Crippen molar-refractivity contribution in [1.29, 1.82) is 0 Å². The first kappa shape index (κ1) is 21.4. The highest BCUT2D eigenvalue weighted by atomic mass is 16.4. The maximum atomic E-state index is 13.2. The Hall–Kier alpha value is -3.92. The lowest BCUT2D eigenvalue weighted by Crippen LogP contribution is -2.64. The number of fused-ring (bicyclic) bond motifs is 2. The molecule has 4 heterocycles. The van der Waals surface area contributed by atoms with Crippen molar-refractivity contribution in [3.8, 4) is 0 Å². The molecular formula is C26H26N6O4. The number of carbonyl (C=O) groups excluding carboxylic acids is 1. The molecule has 1 aliphatic carbocycles. The summed E-state index contributed by atoms with van der Waals surface area (Å²) in [6, 6.07) is 13.2. The summed E-state index contributed by atoms with van der Waals surface area (Å²) < 4.78 is 5.99. The number of benzene rings is 2. The van der Waals surface area contributed by atoms with E-state index < -0.39 is 0 Å². The lowest BCUT2D eigenvalue weighted by Gasteiger charge is -2.57. The van der Waals surface area contributed by atoms with Crippen LogP contribution >= 0.6 is 0 Å². The average Bonchev–Trinajstić information content (AvgIpc) is 3.28. The van der Waals surface area contributed by atoms with E-state index in [4.69, 9.17) is 4.42 Å². The zero-order chi connectivity index (χ0) is 24.4. The van der Waals surface area contributed by atoms with E-state index in [0.717, 1.165) is 31.4 Å². The molecule has 36 heavy (non-hydrogen) atoms. The van der Waals surface area contributed by atoms with Crippen LogP contribution in [0.2, 0.25) is 0 Å². The van der Waals surface area contributed by atoms with Gasteiger partial charge < -0.3 is 24.2 Å². The number of piperazine rings is 1. The lowest BCUT2D eigenvalue weighted by atomic mass is 9.62. The van der Waals surface area contributed by atoms with Crippen molar-refractivity contribution >= 4 is 39.9 Å². The highest BCUT2D eigenvalue weighted by Crippen LogP contribution is 2.49. The van der Waals surface area contributed by atoms with Gasteiger partial charge in [0.05, 0.1) is 17.0 Å². The Labute approximate surface area is 206 Å². The fourth-order valence-electron chi connectivity index (χ4n) is 5.81. The Bertz CT molecular complexity index is 1540. The number of aliphatic hydroxyl groups is 1. The van der Waals surface area contributed by atoms with Gasteiger partial charge in [-0.3, -0.25) is 14.6 Å². The van der Waals surface area contributed by atoms with Gasteiger partial charge in [0.1, 0.15) is 5.52 Å². The number of aromatic nitrogens is 3. The van der Waals surface area contributed by atoms with Gasteiger partial charge >= 0.3 is 0 Å². The third-order valence-corrected chi connectivity index (χ3v) is 7.75. The van der Waals surface area contributed by atoms with Crippen LogP contribution in [0.5, 0.6) is 0 Å². The number of amides is 1. The number of hydrogen-bond donors (Lipinski definition) is 2. The van der Waals surface area contributed by atoms with Gasteiger partial charge in [-0.25, -0.2) is 4.98 Å². The Balaban J connectivity index is 1.03. The van der Waals surface area contributed by atoms with Crippen LogP contribution in [0, 0.1) is 5.41 Å². The average molecular weight is 487 g/mol. The van der Waals surface area contributed by atoms with Crippen molar-refractivity contribution < 1.29 is 14.3 Å². The normalized spacial score (nSPS) is 19.6. The SMILES string of the molecule is O=C(c1ccc2nc(N3CC4(CC(O)C4)C3)oc2c1)N1CCN(c2nc3ccccc3c(=O)[nH]2)CC1. The number of oxazole rings is 1. The van der Waals surface area contributed by atoms with Gasteiger partial charge in [-0.15, -0.1) is 0 Å². The number of para-hydroxylation sites is 1. The number of aromatic amines is 1. The number of H-pyrrole nitrogens is 1. The molecule has 1 spiro atoms. The molecule has 0 unspecified atom stereocenters. The standard InChI is InChI=1S/C26H26N6O4/c33-17-12-26(13-17)14-32(15-26)25-28-20-6-5-16(11-21(20)36-25)23(35)30-7-9-31(10-8-30)24-27-19-4-2-1-3-18(19)22(34)29-24/h1-6,11,17,33H,7-10,12-15H2,(H,27,29,34). The summed E-state index contributed by atoms with van der Waals surface area (Å²) in [5.41, 5.74) is 2.62. The van der Waals surface area contributed by atoms with E-state index in [2.05, 4.69) is 19.9 Å². The molecule has 7 rings (SSSR count). The van der Waals surface area contributed by atoms with Crippen LogP contribution in [0.1, 0.15) is 23.2 Å². The first-order chi connectivity index (χ1) is 17.5. The van der Waals surface area contributed by atoms with Crippen molar-refractivity contribution in [3.05, 3.63) is 58.4 Å². The monoisotopic (exact) mass is 486 g/mol. The molecule has 0 radical (unpaired) electrons. The fraction of sp³-hybridized carbons (Fsp3) is 0.385. The van der Waals surface area contributed by atoms with Crippen molar-refractivity contribution in [1.82, 2.24) is 19.9 Å². The van der Waals surface area contributed by atoms with Crippen LogP contribution < -0.4 is 15.4 Å². The molecule has 0 bridgehead atoms. The molecule has 184 valence electrons. The van der Waals surface area contributed by atoms with Crippen LogP contribution in [0.25, 0.3) is 22.0 Å². The van der Waals surface area contributed by atoms with Gasteiger partial charge in [0.2, 0.25) is 5.95 Å². The lowest BCUT2D eigenvalue weighted by molar-refractivity contribution is -0.0507. The molecule has 2 aliphatic heterocycles. The number of hydrogen-bond acceptors (Lipinski definition) is 8. The van der Waals surface area contributed by atoms with Gasteiger partial charge in [-0.1, -0.05) is 12.1 Å². The summed E-state index contributed by atoms with van der Waals surface area (Å²) in [6.45, 7) is 3.91. The minimum absolute atomic E-state index is 0.0548. The summed E-state index contributed by atoms with van der Waals surface area (Å²) in [4.78, 5) is 43.6. The summed E-state index contributed by atoms with van der Waals surface area (Å²) in [6.07, 6.45) is 1.53. The molecule has 2 aromatic heterocycles. The van der Waals surface area contributed by atoms with Gasteiger partial charge in [0, 0.05) is 50.2 Å². The van der Waals surface area contributed by atoms with Gasteiger partial charge in [-0.05, 0) is 43.2 Å². The molecule has 1 saturated carbocycles. The van der Waals surface area contributed by atoms with Gasteiger partial charge in [0.25, 0.3) is 17.5 Å². The minimum Gasteiger partial charge on any atom is -0.423 e. The summed E-state index contributed by atoms with van der Waals surface area (Å²) in [5.74, 6) is 0.478. The molecule has 3 aliphatic rings. The number of aliphatic hydroxyl groups excluding tert-OH is 1. The van der Waals surface area contributed by atoms with E-state index >= 15 is 0 Å². The molecular weight excluding hydrogens is 460 g/mol. The van der Waals surface area contributed by atoms with Crippen LogP contribution in [-0.2, 0) is 0 Å². The molecule has 1 amide bonds. The number of nitrogens with zero attached hydrogens (tertiary/aromatic N) is 5. The third-order valence-electron chi connectivity index (χ3n) is 7.75. The molecule has 2 saturated heterocycles. The highest BCUT2D eigenvalue weighted by Gasteiger charge is 2.53. The number of anilines is 2. The second-order valence-electron chi connectivity index (χ2n) is 10.3. The summed E-state index contributed by atoms with van der Waals surface area (Å²) in [7, 11) is 0. The summed E-state index contributed by atoms with van der Waals surface area (Å²) in [5, 5.41) is 10.2. The number of nitrogens with one attached hydrogen (secondary N) is 1. The topological polar surface area (TPSA) is 119 Å². The minimum atomic E-state index is -0.169. The second-order valence-corrected chi connectivity index (χ2v) is 10.3. The zero-order valence-electron chi connectivity index (χ0n) is 19.7. The van der Waals surface area contributed by atoms with Crippen LogP contribution in [-0.4, -0.2) is 76.2 Å². The van der Waals surface area contributed by atoms with Crippen molar-refractivity contribution in [2.75, 3.05) is 49.1 Å². The van der Waals surface area contributed by atoms with E-state index in [9.17, 15) is 14.7 Å². The molecule has 3 fully saturated rings. The smallest absolute Gasteiger partial charge is 0.298 e. The van der Waals surface area contributed by atoms with E-state index in [1.54, 1.807) is 18.2 Å². The predicted molar refractivity (Wildman–Crippen MR) is 134 cm³/mol. The maximum absolute atomic E-state index is 13.2. The Morgan fingerprint density at radius 3 is 2.56 bits per heavy atom. The van der Waals surface area contributed by atoms with Gasteiger partial charge in [0.15, 0.2) is 5.58 Å². The predicted octanol–water partition coefficient (Wildman–Crippen LogP) is 1.99. The molecule has 10 heteroatoms. The van der Waals surface area contributed by atoms with Crippen LogP contribution in [0.4, 0.5) is 12.0 Å². The number of rotatable bonds is 3. The first-order valence-corrected chi connectivity index (χ1v) is 12.3. The van der Waals surface area contributed by atoms with E-state index in [1.807, 2.05) is 34.1 Å². The quantitative estimate of drug-likeness (QED) is 0.451. The van der Waals surface area contributed by atoms with Crippen LogP contribution in [0.3, 0.4) is 0 Å². The van der Waals surface area contributed by atoms with E-state index in [1.165, 1.54) is 0 Å². The molecule has 10 nitrogen and oxygen atoms in total. The molecule has 2 aromatic carbocycles. The van der Waals surface area contributed by atoms with Crippen molar-refractivity contribution in [2.24, 2.45) is 5.41 Å². The molecule has 0 atom stereocenters. The van der Waals surface area contributed by atoms with E-state index in [0.29, 0.717) is 60.2 Å². The van der Waals surface area contributed by atoms with Gasteiger partial charge in [-0.2, -0.15) is 4.98 Å². The molecule has 4 aromatic rings. The largest absolute Gasteiger partial charge is 0.423 e. The third kappa shape index (κ3) is 3.43. The fourth-order valence-corrected chi connectivity index (χ4v) is 5.81. The molecule has 2 N–H and O–H groups in total. The Morgan fingerprint density at radius 2 is 1.78 bits per heavy atom. The maximum Gasteiger partial charge on any atom is 0.298 e. The Morgan fingerprint density at radius 1 is 1.00 bits per heavy atom.